The van der Waals surface area contributed by atoms with Crippen molar-refractivity contribution in [2.45, 2.75) is 186 Å². The number of piperidine rings is 1. The Morgan fingerprint density at radius 3 is 2.29 bits per heavy atom. The van der Waals surface area contributed by atoms with Crippen LogP contribution in [0.25, 0.3) is 0 Å². The molecule has 0 aromatic heterocycles. The number of aliphatic hydroxyl groups excluding tert-OH is 2. The van der Waals surface area contributed by atoms with Gasteiger partial charge in [-0.3, -0.25) is 24.1 Å². The van der Waals surface area contributed by atoms with E-state index in [1.807, 2.05) is 58.1 Å². The van der Waals surface area contributed by atoms with E-state index in [2.05, 4.69) is 4.90 Å². The van der Waals surface area contributed by atoms with Crippen LogP contribution in [-0.2, 0) is 57.1 Å². The standard InChI is InChI=1S/C59H94N2O15/c1-38-16-11-10-12-17-39(2)50(74-31-27-62)36-46-21-19-44(7)59(69,76-46)56(66)57(67)61-24-14-13-18-47(61)58(68)75-51(37-48(63)40(3)33-43(6)54(65)55(71-9)53(64)42(5)32-38)41(4)34-45-20-22-49(52(35-45)70-8)73-28-15-23-60-25-29-72-30-26-60/h10-12,16-17,33,38,40-42,44-47,49-52,54-55,62,65,69H,13-15,18-32,34-37H2,1-9H3/b12-10+,16-11+,39-17+,43-33+/t38-,40-,41-,42-,44?,45+,46+,47+,49-,50?,51?,52-,54-,55+,59-/m1/s1. The van der Waals surface area contributed by atoms with Crippen LogP contribution < -0.4 is 0 Å². The van der Waals surface area contributed by atoms with Gasteiger partial charge in [0.1, 0.15) is 30.1 Å². The summed E-state index contributed by atoms with van der Waals surface area (Å²) in [5.41, 5.74) is 1.19. The van der Waals surface area contributed by atoms with Crippen LogP contribution in [0.3, 0.4) is 0 Å². The van der Waals surface area contributed by atoms with Crippen LogP contribution in [0.15, 0.2) is 47.6 Å². The molecule has 0 aromatic carbocycles. The number of allylic oxidation sites excluding steroid dienone is 6. The summed E-state index contributed by atoms with van der Waals surface area (Å²) in [6.45, 7) is 17.5. The van der Waals surface area contributed by atoms with E-state index < -0.39 is 77.8 Å². The third kappa shape index (κ3) is 18.0. The molecule has 1 amide bonds. The molecule has 17 nitrogen and oxygen atoms in total. The van der Waals surface area contributed by atoms with Gasteiger partial charge in [0.15, 0.2) is 5.78 Å². The third-order valence-electron chi connectivity index (χ3n) is 16.6. The predicted molar refractivity (Wildman–Crippen MR) is 287 cm³/mol. The summed E-state index contributed by atoms with van der Waals surface area (Å²) in [7, 11) is 3.08. The van der Waals surface area contributed by atoms with Crippen LogP contribution >= 0.6 is 0 Å². The molecule has 0 radical (unpaired) electrons. The minimum absolute atomic E-state index is 0.00927. The van der Waals surface area contributed by atoms with Gasteiger partial charge in [-0.05, 0) is 113 Å². The van der Waals surface area contributed by atoms with E-state index in [1.54, 1.807) is 34.0 Å². The number of hydrogen-bond acceptors (Lipinski definition) is 16. The van der Waals surface area contributed by atoms with Crippen LogP contribution in [0.5, 0.6) is 0 Å². The van der Waals surface area contributed by atoms with E-state index in [-0.39, 0.29) is 80.5 Å². The fourth-order valence-corrected chi connectivity index (χ4v) is 11.8. The maximum Gasteiger partial charge on any atom is 0.329 e. The second-order valence-electron chi connectivity index (χ2n) is 22.6. The topological polar surface area (TPSA) is 217 Å². The lowest BCUT2D eigenvalue weighted by Gasteiger charge is -2.43. The number of carbonyl (C=O) groups is 5. The molecule has 1 aliphatic carbocycles. The largest absolute Gasteiger partial charge is 0.460 e. The first-order chi connectivity index (χ1) is 36.3. The van der Waals surface area contributed by atoms with Crippen molar-refractivity contribution < 1.29 is 72.5 Å². The normalized spacial score (nSPS) is 37.8. The van der Waals surface area contributed by atoms with Crippen molar-refractivity contribution in [3.63, 3.8) is 0 Å². The molecule has 4 fully saturated rings. The van der Waals surface area contributed by atoms with Crippen molar-refractivity contribution in [3.8, 4) is 0 Å². The molecular formula is C59H94N2O15. The molecule has 3 unspecified atom stereocenters. The summed E-state index contributed by atoms with van der Waals surface area (Å²) in [5.74, 6) is -8.08. The monoisotopic (exact) mass is 1070 g/mol. The molecule has 0 spiro atoms. The molecule has 5 aliphatic rings. The number of esters is 1. The summed E-state index contributed by atoms with van der Waals surface area (Å²) in [6, 6.07) is -1.16. The van der Waals surface area contributed by atoms with Crippen LogP contribution in [0.1, 0.15) is 132 Å². The first-order valence-electron chi connectivity index (χ1n) is 28.4. The van der Waals surface area contributed by atoms with E-state index in [0.717, 1.165) is 57.7 Å². The number of morpholine rings is 1. The molecule has 17 heteroatoms. The zero-order valence-corrected chi connectivity index (χ0v) is 47.2. The van der Waals surface area contributed by atoms with E-state index in [1.165, 1.54) is 12.0 Å². The molecule has 4 heterocycles. The van der Waals surface area contributed by atoms with E-state index in [9.17, 15) is 39.3 Å². The van der Waals surface area contributed by atoms with Gasteiger partial charge in [-0.2, -0.15) is 0 Å². The minimum Gasteiger partial charge on any atom is -0.460 e. The molecule has 3 N–H and O–H groups in total. The van der Waals surface area contributed by atoms with Gasteiger partial charge in [0.05, 0.1) is 50.8 Å². The second-order valence-corrected chi connectivity index (χ2v) is 22.6. The van der Waals surface area contributed by atoms with Crippen molar-refractivity contribution in [2.75, 3.05) is 73.4 Å². The Labute approximate surface area is 453 Å². The lowest BCUT2D eigenvalue weighted by molar-refractivity contribution is -0.266. The Hall–Kier alpha value is -3.49. The molecule has 2 bridgehead atoms. The number of rotatable bonds is 13. The average molecular weight is 1070 g/mol. The van der Waals surface area contributed by atoms with Gasteiger partial charge in [0, 0.05) is 77.6 Å². The first kappa shape index (κ1) is 63.3. The maximum atomic E-state index is 14.6. The van der Waals surface area contributed by atoms with Crippen LogP contribution in [-0.4, -0.2) is 182 Å². The number of ether oxygens (including phenoxy) is 7. The number of cyclic esters (lactones) is 1. The molecule has 76 heavy (non-hydrogen) atoms. The first-order valence-corrected chi connectivity index (χ1v) is 28.4. The van der Waals surface area contributed by atoms with Crippen LogP contribution in [0.2, 0.25) is 0 Å². The Balaban J connectivity index is 1.42. The van der Waals surface area contributed by atoms with Crippen LogP contribution in [0.4, 0.5) is 0 Å². The minimum atomic E-state index is -2.48. The van der Waals surface area contributed by atoms with Crippen molar-refractivity contribution in [2.24, 2.45) is 35.5 Å². The summed E-state index contributed by atoms with van der Waals surface area (Å²) >= 11 is 0. The summed E-state index contributed by atoms with van der Waals surface area (Å²) in [6.07, 6.45) is 12.8. The lowest BCUT2D eigenvalue weighted by atomic mass is 9.78. The molecule has 3 saturated heterocycles. The van der Waals surface area contributed by atoms with Gasteiger partial charge in [-0.25, -0.2) is 4.79 Å². The molecular weight excluding hydrogens is 977 g/mol. The molecule has 15 atom stereocenters. The number of nitrogens with zero attached hydrogens (tertiary/aromatic N) is 2. The number of hydrogen-bond donors (Lipinski definition) is 3. The van der Waals surface area contributed by atoms with Gasteiger partial charge in [-0.15, -0.1) is 0 Å². The predicted octanol–water partition coefficient (Wildman–Crippen LogP) is 6.29. The summed E-state index contributed by atoms with van der Waals surface area (Å²) in [4.78, 5) is 75.3. The van der Waals surface area contributed by atoms with Crippen molar-refractivity contribution in [3.05, 3.63) is 47.6 Å². The highest BCUT2D eigenvalue weighted by Crippen LogP contribution is 2.38. The second kappa shape index (κ2) is 31.3. The van der Waals surface area contributed by atoms with E-state index in [4.69, 9.17) is 33.2 Å². The number of amides is 1. The Morgan fingerprint density at radius 1 is 0.829 bits per heavy atom. The van der Waals surface area contributed by atoms with Gasteiger partial charge in [0.2, 0.25) is 5.79 Å². The fraction of sp³-hybridized carbons (Fsp3) is 0.780. The lowest BCUT2D eigenvalue weighted by Crippen LogP contribution is -2.61. The van der Waals surface area contributed by atoms with E-state index >= 15 is 0 Å². The smallest absolute Gasteiger partial charge is 0.329 e. The molecule has 4 aliphatic heterocycles. The number of fused-ring (bicyclic) bond motifs is 3. The van der Waals surface area contributed by atoms with Crippen molar-refractivity contribution in [1.29, 1.82) is 0 Å². The number of Topliss-reactive ketones (excluding diaryl/α,β-unsaturated/α-hetero) is 3. The number of methoxy groups -OCH3 is 2. The zero-order chi connectivity index (χ0) is 55.5. The highest BCUT2D eigenvalue weighted by molar-refractivity contribution is 6.39. The SMILES string of the molecule is CO[C@@H]1C[C@H](C[C@@H](C)C2CC(=O)[C@H](C)/C=C(\C)[C@@H](O)[C@@H](OC)C(=O)[C@H](C)C[C@H](C)/C=C/C=C/C=C(\C)C(OCCO)C[C@@H]3CCC(C)[C@@](O)(O3)C(=O)C(=O)N3CCCC[C@H]3C(=O)O2)CC[C@H]1OCCCN1CCOCC1. The van der Waals surface area contributed by atoms with Crippen molar-refractivity contribution in [1.82, 2.24) is 9.80 Å². The number of aliphatic hydroxyl groups is 3. The highest BCUT2D eigenvalue weighted by Gasteiger charge is 2.53. The average Bonchev–Trinajstić information content (AvgIpc) is 3.43. The Bertz CT molecular complexity index is 2000. The summed E-state index contributed by atoms with van der Waals surface area (Å²) in [5, 5.41) is 33.3. The molecule has 0 aromatic rings. The quantitative estimate of drug-likeness (QED) is 0.0799. The molecule has 1 saturated carbocycles. The van der Waals surface area contributed by atoms with Gasteiger partial charge >= 0.3 is 5.97 Å². The Kier molecular flexibility index (Phi) is 26.1. The van der Waals surface area contributed by atoms with Gasteiger partial charge < -0.3 is 53.4 Å². The highest BCUT2D eigenvalue weighted by atomic mass is 16.6. The van der Waals surface area contributed by atoms with E-state index in [0.29, 0.717) is 57.1 Å². The van der Waals surface area contributed by atoms with Gasteiger partial charge in [-0.1, -0.05) is 71.1 Å². The fourth-order valence-electron chi connectivity index (χ4n) is 11.8. The zero-order valence-electron chi connectivity index (χ0n) is 47.2. The maximum absolute atomic E-state index is 14.6. The van der Waals surface area contributed by atoms with Crippen molar-refractivity contribution >= 4 is 29.2 Å². The van der Waals surface area contributed by atoms with Gasteiger partial charge in [0.25, 0.3) is 11.7 Å². The molecule has 430 valence electrons. The van der Waals surface area contributed by atoms with Crippen LogP contribution in [0, 0.1) is 35.5 Å². The number of ketones is 3. The number of carbonyl (C=O) groups excluding carboxylic acids is 5. The third-order valence-corrected chi connectivity index (χ3v) is 16.6. The Morgan fingerprint density at radius 2 is 1.58 bits per heavy atom. The summed E-state index contributed by atoms with van der Waals surface area (Å²) < 4.78 is 42.2. The molecule has 5 rings (SSSR count).